The molecule has 0 aliphatic rings. The Hall–Kier alpha value is -3.64. The Labute approximate surface area is 192 Å². The van der Waals surface area contributed by atoms with Crippen LogP contribution in [-0.2, 0) is 0 Å². The number of nitro benzene ring substituents is 1. The van der Waals surface area contributed by atoms with Gasteiger partial charge < -0.3 is 0 Å². The zero-order valence-electron chi connectivity index (χ0n) is 16.9. The van der Waals surface area contributed by atoms with Crippen molar-refractivity contribution in [1.29, 1.82) is 0 Å². The maximum atomic E-state index is 11.5. The molecule has 0 bridgehead atoms. The maximum absolute atomic E-state index is 11.5. The van der Waals surface area contributed by atoms with Crippen molar-refractivity contribution in [1.82, 2.24) is 0 Å². The molecule has 0 saturated heterocycles. The van der Waals surface area contributed by atoms with E-state index < -0.39 is 4.92 Å². The van der Waals surface area contributed by atoms with Crippen molar-refractivity contribution in [2.24, 2.45) is 0 Å². The van der Waals surface area contributed by atoms with Gasteiger partial charge >= 0.3 is 0 Å². The predicted molar refractivity (Wildman–Crippen MR) is 133 cm³/mol. The molecule has 0 aliphatic heterocycles. The molecule has 150 valence electrons. The monoisotopic (exact) mass is 439 g/mol. The fraction of sp³-hybridized carbons (Fsp3) is 0.0769. The molecule has 0 spiro atoms. The van der Waals surface area contributed by atoms with Gasteiger partial charge in [0.1, 0.15) is 5.56 Å². The molecule has 0 heterocycles. The Morgan fingerprint density at radius 2 is 1.13 bits per heavy atom. The summed E-state index contributed by atoms with van der Waals surface area (Å²) in [4.78, 5) is 12.7. The molecule has 31 heavy (non-hydrogen) atoms. The standard InChI is InChI=1S/C26H17NO2S2/c1-18(30)23-11-5-20(6-12-23)3-4-22-10-16-25(26(17-22)27(28)29)15-9-21-7-13-24(14-8-21)19(2)31/h5-8,10-14,16-17H,1-2H3. The van der Waals surface area contributed by atoms with Crippen LogP contribution in [0.2, 0.25) is 0 Å². The summed E-state index contributed by atoms with van der Waals surface area (Å²) < 4.78 is 0. The molecule has 0 aromatic heterocycles. The lowest BCUT2D eigenvalue weighted by molar-refractivity contribution is -0.385. The van der Waals surface area contributed by atoms with Crippen LogP contribution in [0.15, 0.2) is 66.7 Å². The van der Waals surface area contributed by atoms with E-state index in [0.717, 1.165) is 32.0 Å². The highest BCUT2D eigenvalue weighted by Crippen LogP contribution is 2.19. The Balaban J connectivity index is 1.86. The summed E-state index contributed by atoms with van der Waals surface area (Å²) in [5, 5.41) is 11.5. The van der Waals surface area contributed by atoms with Gasteiger partial charge in [0.05, 0.1) is 4.92 Å². The van der Waals surface area contributed by atoms with Gasteiger partial charge in [0.2, 0.25) is 0 Å². The van der Waals surface area contributed by atoms with Crippen LogP contribution in [0, 0.1) is 33.8 Å². The lowest BCUT2D eigenvalue weighted by atomic mass is 10.1. The van der Waals surface area contributed by atoms with Gasteiger partial charge in [-0.25, -0.2) is 0 Å². The molecule has 3 rings (SSSR count). The smallest absolute Gasteiger partial charge is 0.258 e. The van der Waals surface area contributed by atoms with E-state index in [1.165, 1.54) is 6.07 Å². The van der Waals surface area contributed by atoms with Gasteiger partial charge in [-0.05, 0) is 61.4 Å². The van der Waals surface area contributed by atoms with Crippen molar-refractivity contribution in [2.45, 2.75) is 13.8 Å². The van der Waals surface area contributed by atoms with Crippen molar-refractivity contribution in [3.63, 3.8) is 0 Å². The van der Waals surface area contributed by atoms with Crippen molar-refractivity contribution in [2.75, 3.05) is 0 Å². The molecular weight excluding hydrogens is 422 g/mol. The minimum Gasteiger partial charge on any atom is -0.258 e. The van der Waals surface area contributed by atoms with Gasteiger partial charge in [0.15, 0.2) is 0 Å². The summed E-state index contributed by atoms with van der Waals surface area (Å²) in [6.45, 7) is 3.73. The summed E-state index contributed by atoms with van der Waals surface area (Å²) in [6, 6.07) is 19.9. The normalized spacial score (nSPS) is 9.61. The van der Waals surface area contributed by atoms with Crippen LogP contribution in [0.1, 0.15) is 47.2 Å². The largest absolute Gasteiger partial charge is 0.286 e. The predicted octanol–water partition coefficient (Wildman–Crippen LogP) is 5.87. The second-order valence-corrected chi connectivity index (χ2v) is 7.98. The molecule has 0 aliphatic carbocycles. The van der Waals surface area contributed by atoms with Crippen LogP contribution in [0.3, 0.4) is 0 Å². The highest BCUT2D eigenvalue weighted by molar-refractivity contribution is 7.81. The Kier molecular flexibility index (Phi) is 7.05. The number of hydrogen-bond acceptors (Lipinski definition) is 4. The Morgan fingerprint density at radius 1 is 0.710 bits per heavy atom. The SMILES string of the molecule is CC(=S)c1ccc(C#Cc2ccc(C#Cc3ccc(C(C)=S)cc3)c([N+](=O)[O-])c2)cc1. The van der Waals surface area contributed by atoms with Crippen molar-refractivity contribution in [3.8, 4) is 23.7 Å². The van der Waals surface area contributed by atoms with E-state index in [-0.39, 0.29) is 5.69 Å². The molecule has 0 amide bonds. The molecule has 3 aromatic rings. The molecule has 0 unspecified atom stereocenters. The van der Waals surface area contributed by atoms with E-state index in [4.69, 9.17) is 24.4 Å². The summed E-state index contributed by atoms with van der Waals surface area (Å²) in [6.07, 6.45) is 0. The lowest BCUT2D eigenvalue weighted by Gasteiger charge is -1.99. The molecule has 5 heteroatoms. The first-order chi connectivity index (χ1) is 14.8. The van der Waals surface area contributed by atoms with E-state index in [2.05, 4.69) is 23.7 Å². The van der Waals surface area contributed by atoms with Crippen molar-refractivity contribution in [3.05, 3.63) is 110 Å². The number of thiocarbonyl (C=S) groups is 2. The Morgan fingerprint density at radius 3 is 1.58 bits per heavy atom. The number of nitro groups is 1. The number of hydrogen-bond donors (Lipinski definition) is 0. The Bertz CT molecular complexity index is 1300. The maximum Gasteiger partial charge on any atom is 0.286 e. The van der Waals surface area contributed by atoms with Crippen molar-refractivity contribution >= 4 is 39.9 Å². The fourth-order valence-corrected chi connectivity index (χ4v) is 3.00. The molecule has 0 N–H and O–H groups in total. The molecule has 3 aromatic carbocycles. The van der Waals surface area contributed by atoms with E-state index in [9.17, 15) is 10.1 Å². The first-order valence-corrected chi connectivity index (χ1v) is 10.2. The third kappa shape index (κ3) is 5.93. The summed E-state index contributed by atoms with van der Waals surface area (Å²) in [5.41, 5.74) is 4.32. The average molecular weight is 440 g/mol. The topological polar surface area (TPSA) is 43.1 Å². The summed E-state index contributed by atoms with van der Waals surface area (Å²) >= 11 is 10.3. The summed E-state index contributed by atoms with van der Waals surface area (Å²) in [7, 11) is 0. The van der Waals surface area contributed by atoms with E-state index in [0.29, 0.717) is 11.1 Å². The van der Waals surface area contributed by atoms with Gasteiger partial charge in [-0.15, -0.1) is 0 Å². The number of rotatable bonds is 3. The van der Waals surface area contributed by atoms with Gasteiger partial charge in [-0.3, -0.25) is 10.1 Å². The minimum atomic E-state index is -0.440. The fourth-order valence-electron chi connectivity index (χ4n) is 2.73. The van der Waals surface area contributed by atoms with Crippen LogP contribution in [-0.4, -0.2) is 14.7 Å². The van der Waals surface area contributed by atoms with E-state index >= 15 is 0 Å². The van der Waals surface area contributed by atoms with Crippen molar-refractivity contribution < 1.29 is 4.92 Å². The quantitative estimate of drug-likeness (QED) is 0.168. The molecule has 0 saturated carbocycles. The highest BCUT2D eigenvalue weighted by Gasteiger charge is 2.12. The van der Waals surface area contributed by atoms with E-state index in [1.807, 2.05) is 62.4 Å². The van der Waals surface area contributed by atoms with Gasteiger partial charge in [0.25, 0.3) is 5.69 Å². The second kappa shape index (κ2) is 9.91. The third-order valence-electron chi connectivity index (χ3n) is 4.47. The van der Waals surface area contributed by atoms with Gasteiger partial charge in [-0.2, -0.15) is 0 Å². The molecule has 3 nitrogen and oxygen atoms in total. The van der Waals surface area contributed by atoms with Gasteiger partial charge in [0, 0.05) is 32.5 Å². The number of benzene rings is 3. The molecule has 0 atom stereocenters. The lowest BCUT2D eigenvalue weighted by Crippen LogP contribution is -1.93. The van der Waals surface area contributed by atoms with Crippen LogP contribution in [0.4, 0.5) is 5.69 Å². The molecule has 0 fully saturated rings. The average Bonchev–Trinajstić information content (AvgIpc) is 2.77. The van der Waals surface area contributed by atoms with Crippen LogP contribution >= 0.6 is 24.4 Å². The second-order valence-electron chi connectivity index (χ2n) is 6.76. The highest BCUT2D eigenvalue weighted by atomic mass is 32.1. The molecular formula is C26H17NO2S2. The minimum absolute atomic E-state index is 0.0719. The third-order valence-corrected chi connectivity index (χ3v) is 4.94. The summed E-state index contributed by atoms with van der Waals surface area (Å²) in [5.74, 6) is 11.9. The first kappa shape index (κ1) is 22.1. The molecule has 0 radical (unpaired) electrons. The zero-order valence-corrected chi connectivity index (χ0v) is 18.6. The first-order valence-electron chi connectivity index (χ1n) is 9.38. The van der Waals surface area contributed by atoms with Gasteiger partial charge in [-0.1, -0.05) is 72.4 Å². The number of nitrogens with zero attached hydrogens (tertiary/aromatic N) is 1. The zero-order chi connectivity index (χ0) is 22.4. The van der Waals surface area contributed by atoms with Crippen LogP contribution in [0.5, 0.6) is 0 Å². The van der Waals surface area contributed by atoms with Crippen LogP contribution < -0.4 is 0 Å². The van der Waals surface area contributed by atoms with Crippen LogP contribution in [0.25, 0.3) is 0 Å². The van der Waals surface area contributed by atoms with E-state index in [1.54, 1.807) is 12.1 Å².